The Morgan fingerprint density at radius 3 is 2.85 bits per heavy atom. The standard InChI is InChI=1S/C20H19N5O2/c1-27-20-23-11-14(12-24-20)9-13-5-7-22-18(10-13)25-19(26)16-3-2-4-17-15(16)6-8-21-17/h2-5,7,10-12,21H,6,8-9H2,1H3,(H,22,25,26). The molecule has 3 heterocycles. The van der Waals surface area contributed by atoms with Gasteiger partial charge in [-0.15, -0.1) is 0 Å². The number of fused-ring (bicyclic) bond motifs is 1. The van der Waals surface area contributed by atoms with E-state index >= 15 is 0 Å². The maximum absolute atomic E-state index is 12.7. The fourth-order valence-corrected chi connectivity index (χ4v) is 3.17. The van der Waals surface area contributed by atoms with Crippen LogP contribution in [0.2, 0.25) is 0 Å². The summed E-state index contributed by atoms with van der Waals surface area (Å²) in [6.07, 6.45) is 6.63. The lowest BCUT2D eigenvalue weighted by Crippen LogP contribution is -2.15. The molecular formula is C20H19N5O2. The quantitative estimate of drug-likeness (QED) is 0.726. The highest BCUT2D eigenvalue weighted by molar-refractivity contribution is 6.06. The molecule has 0 spiro atoms. The van der Waals surface area contributed by atoms with Crippen LogP contribution in [0.1, 0.15) is 27.0 Å². The number of carbonyl (C=O) groups excluding carboxylic acids is 1. The van der Waals surface area contributed by atoms with Crippen LogP contribution in [0, 0.1) is 0 Å². The van der Waals surface area contributed by atoms with Crippen LogP contribution in [0.25, 0.3) is 0 Å². The Kier molecular flexibility index (Phi) is 4.65. The molecule has 1 aromatic carbocycles. The van der Waals surface area contributed by atoms with Gasteiger partial charge in [-0.1, -0.05) is 6.07 Å². The molecule has 27 heavy (non-hydrogen) atoms. The topological polar surface area (TPSA) is 89.0 Å². The first-order chi connectivity index (χ1) is 13.2. The average Bonchev–Trinajstić information content (AvgIpc) is 3.17. The maximum atomic E-state index is 12.7. The highest BCUT2D eigenvalue weighted by Gasteiger charge is 2.18. The van der Waals surface area contributed by atoms with Crippen molar-refractivity contribution in [1.82, 2.24) is 15.0 Å². The molecule has 4 rings (SSSR count). The second-order valence-corrected chi connectivity index (χ2v) is 6.27. The molecule has 7 nitrogen and oxygen atoms in total. The summed E-state index contributed by atoms with van der Waals surface area (Å²) in [6.45, 7) is 0.858. The minimum Gasteiger partial charge on any atom is -0.467 e. The van der Waals surface area contributed by atoms with Crippen LogP contribution in [-0.4, -0.2) is 34.5 Å². The van der Waals surface area contributed by atoms with Crippen molar-refractivity contribution in [3.8, 4) is 6.01 Å². The van der Waals surface area contributed by atoms with Crippen molar-refractivity contribution in [2.75, 3.05) is 24.3 Å². The Balaban J connectivity index is 1.49. The van der Waals surface area contributed by atoms with Gasteiger partial charge in [0, 0.05) is 42.8 Å². The Hall–Kier alpha value is -3.48. The fraction of sp³-hybridized carbons (Fsp3) is 0.200. The van der Waals surface area contributed by atoms with Gasteiger partial charge in [0.1, 0.15) is 5.82 Å². The van der Waals surface area contributed by atoms with Crippen LogP contribution >= 0.6 is 0 Å². The van der Waals surface area contributed by atoms with Crippen molar-refractivity contribution in [3.05, 3.63) is 71.2 Å². The van der Waals surface area contributed by atoms with Crippen molar-refractivity contribution in [1.29, 1.82) is 0 Å². The molecule has 0 atom stereocenters. The summed E-state index contributed by atoms with van der Waals surface area (Å²) in [6, 6.07) is 9.84. The number of amides is 1. The molecule has 3 aromatic rings. The molecule has 0 aliphatic carbocycles. The number of aromatic nitrogens is 3. The molecular weight excluding hydrogens is 342 g/mol. The zero-order valence-corrected chi connectivity index (χ0v) is 14.9. The minimum atomic E-state index is -0.145. The van der Waals surface area contributed by atoms with E-state index in [-0.39, 0.29) is 5.91 Å². The van der Waals surface area contributed by atoms with Gasteiger partial charge in [0.15, 0.2) is 0 Å². The van der Waals surface area contributed by atoms with Crippen LogP contribution in [-0.2, 0) is 12.8 Å². The van der Waals surface area contributed by atoms with Gasteiger partial charge < -0.3 is 15.4 Å². The first-order valence-electron chi connectivity index (χ1n) is 8.70. The normalized spacial score (nSPS) is 12.2. The van der Waals surface area contributed by atoms with Crippen LogP contribution in [0.3, 0.4) is 0 Å². The molecule has 0 unspecified atom stereocenters. The van der Waals surface area contributed by atoms with E-state index in [1.54, 1.807) is 18.6 Å². The second-order valence-electron chi connectivity index (χ2n) is 6.27. The molecule has 0 saturated heterocycles. The molecule has 2 N–H and O–H groups in total. The van der Waals surface area contributed by atoms with Gasteiger partial charge in [0.2, 0.25) is 0 Å². The van der Waals surface area contributed by atoms with Crippen LogP contribution < -0.4 is 15.4 Å². The molecule has 1 aliphatic rings. The lowest BCUT2D eigenvalue weighted by atomic mass is 10.0. The SMILES string of the molecule is COc1ncc(Cc2ccnc(NC(=O)c3cccc4c3CCN4)c2)cn1. The molecule has 2 aromatic heterocycles. The van der Waals surface area contributed by atoms with Crippen LogP contribution in [0.5, 0.6) is 6.01 Å². The van der Waals surface area contributed by atoms with Gasteiger partial charge in [0.25, 0.3) is 5.91 Å². The smallest absolute Gasteiger partial charge is 0.316 e. The Morgan fingerprint density at radius 1 is 1.19 bits per heavy atom. The van der Waals surface area contributed by atoms with E-state index in [0.717, 1.165) is 35.3 Å². The average molecular weight is 361 g/mol. The van der Waals surface area contributed by atoms with Gasteiger partial charge in [0.05, 0.1) is 7.11 Å². The molecule has 0 bridgehead atoms. The van der Waals surface area contributed by atoms with Crippen molar-refractivity contribution >= 4 is 17.4 Å². The van der Waals surface area contributed by atoms with Crippen LogP contribution in [0.15, 0.2) is 48.9 Å². The van der Waals surface area contributed by atoms with Crippen LogP contribution in [0.4, 0.5) is 11.5 Å². The summed E-state index contributed by atoms with van der Waals surface area (Å²) in [4.78, 5) is 25.2. The Bertz CT molecular complexity index is 972. The number of hydrogen-bond donors (Lipinski definition) is 2. The predicted molar refractivity (Wildman–Crippen MR) is 102 cm³/mol. The maximum Gasteiger partial charge on any atom is 0.316 e. The largest absolute Gasteiger partial charge is 0.467 e. The zero-order chi connectivity index (χ0) is 18.6. The molecule has 1 amide bonds. The third-order valence-electron chi connectivity index (χ3n) is 4.45. The van der Waals surface area contributed by atoms with E-state index < -0.39 is 0 Å². The number of ether oxygens (including phenoxy) is 1. The molecule has 136 valence electrons. The van der Waals surface area contributed by atoms with Gasteiger partial charge in [-0.2, -0.15) is 0 Å². The summed E-state index contributed by atoms with van der Waals surface area (Å²) in [5.74, 6) is 0.378. The Labute approximate surface area is 156 Å². The Morgan fingerprint density at radius 2 is 2.04 bits per heavy atom. The predicted octanol–water partition coefficient (Wildman–Crippen LogP) is 2.69. The summed E-state index contributed by atoms with van der Waals surface area (Å²) in [5.41, 5.74) is 4.74. The highest BCUT2D eigenvalue weighted by atomic mass is 16.5. The second kappa shape index (κ2) is 7.41. The van der Waals surface area contributed by atoms with E-state index in [0.29, 0.717) is 23.8 Å². The number of hydrogen-bond acceptors (Lipinski definition) is 6. The molecule has 0 saturated carbocycles. The molecule has 7 heteroatoms. The number of pyridine rings is 1. The molecule has 1 aliphatic heterocycles. The van der Waals surface area contributed by atoms with Gasteiger partial charge in [-0.05, 0) is 47.4 Å². The number of rotatable bonds is 5. The third-order valence-corrected chi connectivity index (χ3v) is 4.45. The monoisotopic (exact) mass is 361 g/mol. The number of nitrogens with zero attached hydrogens (tertiary/aromatic N) is 3. The number of nitrogens with one attached hydrogen (secondary N) is 2. The first kappa shape index (κ1) is 17.0. The van der Waals surface area contributed by atoms with Crippen molar-refractivity contribution in [3.63, 3.8) is 0 Å². The summed E-state index contributed by atoms with van der Waals surface area (Å²) >= 11 is 0. The lowest BCUT2D eigenvalue weighted by Gasteiger charge is -2.09. The number of carbonyl (C=O) groups is 1. The van der Waals surface area contributed by atoms with E-state index in [9.17, 15) is 4.79 Å². The van der Waals surface area contributed by atoms with Gasteiger partial charge >= 0.3 is 6.01 Å². The summed E-state index contributed by atoms with van der Waals surface area (Å²) in [7, 11) is 1.53. The van der Waals surface area contributed by atoms with Gasteiger partial charge in [-0.3, -0.25) is 4.79 Å². The lowest BCUT2D eigenvalue weighted by molar-refractivity contribution is 0.102. The van der Waals surface area contributed by atoms with Gasteiger partial charge in [-0.25, -0.2) is 15.0 Å². The van der Waals surface area contributed by atoms with E-state index in [2.05, 4.69) is 25.6 Å². The molecule has 0 fully saturated rings. The highest BCUT2D eigenvalue weighted by Crippen LogP contribution is 2.26. The number of methoxy groups -OCH3 is 1. The van der Waals surface area contributed by atoms with Crippen molar-refractivity contribution < 1.29 is 9.53 Å². The van der Waals surface area contributed by atoms with Crippen molar-refractivity contribution in [2.45, 2.75) is 12.8 Å². The number of anilines is 2. The summed E-state index contributed by atoms with van der Waals surface area (Å²) < 4.78 is 4.97. The third kappa shape index (κ3) is 3.72. The fourth-order valence-electron chi connectivity index (χ4n) is 3.17. The first-order valence-corrected chi connectivity index (χ1v) is 8.70. The minimum absolute atomic E-state index is 0.145. The zero-order valence-electron chi connectivity index (χ0n) is 14.9. The van der Waals surface area contributed by atoms with E-state index in [4.69, 9.17) is 4.74 Å². The van der Waals surface area contributed by atoms with E-state index in [1.165, 1.54) is 7.11 Å². The number of benzene rings is 1. The van der Waals surface area contributed by atoms with Crippen molar-refractivity contribution in [2.24, 2.45) is 0 Å². The van der Waals surface area contributed by atoms with E-state index in [1.807, 2.05) is 30.3 Å². The molecule has 0 radical (unpaired) electrons. The summed E-state index contributed by atoms with van der Waals surface area (Å²) in [5, 5.41) is 6.19.